The number of aromatic nitrogens is 2. The quantitative estimate of drug-likeness (QED) is 0.870. The van der Waals surface area contributed by atoms with Crippen molar-refractivity contribution in [1.82, 2.24) is 20.0 Å². The summed E-state index contributed by atoms with van der Waals surface area (Å²) in [5.41, 5.74) is 4.97. The van der Waals surface area contributed by atoms with Gasteiger partial charge >= 0.3 is 0 Å². The second-order valence-electron chi connectivity index (χ2n) is 7.58. The highest BCUT2D eigenvalue weighted by Crippen LogP contribution is 2.26. The fraction of sp³-hybridized carbons (Fsp3) is 0.524. The summed E-state index contributed by atoms with van der Waals surface area (Å²) in [6, 6.07) is 11.1. The van der Waals surface area contributed by atoms with Gasteiger partial charge < -0.3 is 5.32 Å². The number of benzene rings is 1. The Bertz CT molecular complexity index is 761. The van der Waals surface area contributed by atoms with E-state index < -0.39 is 0 Å². The van der Waals surface area contributed by atoms with Crippen LogP contribution in [0.5, 0.6) is 0 Å². The standard InChI is InChI=1S/C21H28N4O/c1-2-16-6-8-17(9-7-16)14-24-10-11-25-20(15-24)12-19(23-25)13-22-21(26)18-4-3-5-18/h6-9,12,18H,2-5,10-11,13-15H2,1H3,(H,22,26). The van der Waals surface area contributed by atoms with E-state index in [0.29, 0.717) is 6.54 Å². The lowest BCUT2D eigenvalue weighted by atomic mass is 9.85. The van der Waals surface area contributed by atoms with Crippen LogP contribution in [0.15, 0.2) is 30.3 Å². The molecule has 138 valence electrons. The summed E-state index contributed by atoms with van der Waals surface area (Å²) in [5.74, 6) is 0.432. The van der Waals surface area contributed by atoms with Gasteiger partial charge in [-0.1, -0.05) is 37.6 Å². The molecule has 0 radical (unpaired) electrons. The number of carbonyl (C=O) groups excluding carboxylic acids is 1. The van der Waals surface area contributed by atoms with Gasteiger partial charge in [-0.2, -0.15) is 5.10 Å². The summed E-state index contributed by atoms with van der Waals surface area (Å²) >= 11 is 0. The van der Waals surface area contributed by atoms with E-state index in [9.17, 15) is 4.79 Å². The summed E-state index contributed by atoms with van der Waals surface area (Å²) in [6.45, 7) is 6.56. The number of carbonyl (C=O) groups is 1. The second kappa shape index (κ2) is 7.62. The van der Waals surface area contributed by atoms with E-state index in [4.69, 9.17) is 0 Å². The second-order valence-corrected chi connectivity index (χ2v) is 7.58. The monoisotopic (exact) mass is 352 g/mol. The van der Waals surface area contributed by atoms with E-state index in [-0.39, 0.29) is 11.8 Å². The molecule has 0 spiro atoms. The van der Waals surface area contributed by atoms with Gasteiger partial charge in [-0.25, -0.2) is 0 Å². The van der Waals surface area contributed by atoms with Crippen molar-refractivity contribution in [3.8, 4) is 0 Å². The highest BCUT2D eigenvalue weighted by atomic mass is 16.1. The molecule has 1 N–H and O–H groups in total. The zero-order chi connectivity index (χ0) is 17.9. The largest absolute Gasteiger partial charge is 0.350 e. The first-order chi connectivity index (χ1) is 12.7. The highest BCUT2D eigenvalue weighted by molar-refractivity contribution is 5.79. The smallest absolute Gasteiger partial charge is 0.223 e. The Labute approximate surface area is 155 Å². The van der Waals surface area contributed by atoms with Crippen molar-refractivity contribution >= 4 is 5.91 Å². The molecule has 1 fully saturated rings. The summed E-state index contributed by atoms with van der Waals surface area (Å²) < 4.78 is 2.10. The minimum Gasteiger partial charge on any atom is -0.350 e. The van der Waals surface area contributed by atoms with Crippen LogP contribution in [-0.4, -0.2) is 27.1 Å². The summed E-state index contributed by atoms with van der Waals surface area (Å²) in [6.07, 6.45) is 4.36. The molecule has 5 heteroatoms. The zero-order valence-corrected chi connectivity index (χ0v) is 15.6. The van der Waals surface area contributed by atoms with E-state index in [0.717, 1.165) is 51.1 Å². The van der Waals surface area contributed by atoms with Crippen LogP contribution in [0.2, 0.25) is 0 Å². The molecule has 0 bridgehead atoms. The first-order valence-corrected chi connectivity index (χ1v) is 9.85. The SMILES string of the molecule is CCc1ccc(CN2CCn3nc(CNC(=O)C4CCC4)cc3C2)cc1. The van der Waals surface area contributed by atoms with Crippen LogP contribution in [0.3, 0.4) is 0 Å². The number of hydrogen-bond donors (Lipinski definition) is 1. The third-order valence-corrected chi connectivity index (χ3v) is 5.68. The van der Waals surface area contributed by atoms with Crippen molar-refractivity contribution in [2.24, 2.45) is 5.92 Å². The van der Waals surface area contributed by atoms with Gasteiger partial charge in [0.2, 0.25) is 5.91 Å². The van der Waals surface area contributed by atoms with Crippen molar-refractivity contribution < 1.29 is 4.79 Å². The Morgan fingerprint density at radius 1 is 1.19 bits per heavy atom. The van der Waals surface area contributed by atoms with E-state index in [2.05, 4.69) is 57.3 Å². The summed E-state index contributed by atoms with van der Waals surface area (Å²) in [7, 11) is 0. The topological polar surface area (TPSA) is 50.2 Å². The van der Waals surface area contributed by atoms with Crippen LogP contribution in [0.4, 0.5) is 0 Å². The van der Waals surface area contributed by atoms with Crippen LogP contribution in [-0.2, 0) is 37.4 Å². The predicted octanol–water partition coefficient (Wildman–Crippen LogP) is 2.88. The molecule has 4 rings (SSSR count). The zero-order valence-electron chi connectivity index (χ0n) is 15.6. The van der Waals surface area contributed by atoms with Gasteiger partial charge in [0.1, 0.15) is 0 Å². The van der Waals surface area contributed by atoms with Gasteiger partial charge in [0, 0.05) is 25.6 Å². The molecule has 26 heavy (non-hydrogen) atoms. The Balaban J connectivity index is 1.33. The molecule has 5 nitrogen and oxygen atoms in total. The number of amides is 1. The third-order valence-electron chi connectivity index (χ3n) is 5.68. The minimum absolute atomic E-state index is 0.194. The van der Waals surface area contributed by atoms with E-state index in [1.54, 1.807) is 0 Å². The lowest BCUT2D eigenvalue weighted by Gasteiger charge is -2.27. The van der Waals surface area contributed by atoms with Gasteiger partial charge in [0.15, 0.2) is 0 Å². The number of rotatable bonds is 6. The van der Waals surface area contributed by atoms with Gasteiger partial charge in [-0.3, -0.25) is 14.4 Å². The number of aryl methyl sites for hydroxylation is 1. The molecular formula is C21H28N4O. The fourth-order valence-electron chi connectivity index (χ4n) is 3.73. The molecule has 1 saturated carbocycles. The molecule has 1 amide bonds. The Kier molecular flexibility index (Phi) is 5.07. The first-order valence-electron chi connectivity index (χ1n) is 9.85. The number of nitrogens with zero attached hydrogens (tertiary/aromatic N) is 3. The Morgan fingerprint density at radius 2 is 1.96 bits per heavy atom. The molecular weight excluding hydrogens is 324 g/mol. The molecule has 0 saturated heterocycles. The maximum atomic E-state index is 12.0. The van der Waals surface area contributed by atoms with Crippen LogP contribution < -0.4 is 5.32 Å². The van der Waals surface area contributed by atoms with Crippen molar-refractivity contribution in [3.63, 3.8) is 0 Å². The highest BCUT2D eigenvalue weighted by Gasteiger charge is 2.25. The van der Waals surface area contributed by atoms with Crippen molar-refractivity contribution in [2.75, 3.05) is 6.54 Å². The number of fused-ring (bicyclic) bond motifs is 1. The average molecular weight is 352 g/mol. The van der Waals surface area contributed by atoms with Crippen molar-refractivity contribution in [2.45, 2.75) is 58.8 Å². The molecule has 1 aliphatic carbocycles. The van der Waals surface area contributed by atoms with E-state index in [1.165, 1.54) is 23.2 Å². The Morgan fingerprint density at radius 3 is 2.65 bits per heavy atom. The fourth-order valence-corrected chi connectivity index (χ4v) is 3.73. The normalized spacial score (nSPS) is 17.6. The lowest BCUT2D eigenvalue weighted by Crippen LogP contribution is -2.34. The number of nitrogens with one attached hydrogen (secondary N) is 1. The van der Waals surface area contributed by atoms with Gasteiger partial charge in [-0.05, 0) is 36.5 Å². The van der Waals surface area contributed by atoms with E-state index >= 15 is 0 Å². The minimum atomic E-state index is 0.194. The lowest BCUT2D eigenvalue weighted by molar-refractivity contribution is -0.127. The van der Waals surface area contributed by atoms with Crippen molar-refractivity contribution in [3.05, 3.63) is 52.8 Å². The van der Waals surface area contributed by atoms with Crippen LogP contribution >= 0.6 is 0 Å². The molecule has 1 aliphatic heterocycles. The summed E-state index contributed by atoms with van der Waals surface area (Å²) in [4.78, 5) is 14.5. The third kappa shape index (κ3) is 3.83. The van der Waals surface area contributed by atoms with Gasteiger partial charge in [0.25, 0.3) is 0 Å². The van der Waals surface area contributed by atoms with Crippen LogP contribution in [0.25, 0.3) is 0 Å². The summed E-state index contributed by atoms with van der Waals surface area (Å²) in [5, 5.41) is 7.71. The molecule has 0 atom stereocenters. The molecule has 1 aromatic heterocycles. The van der Waals surface area contributed by atoms with Gasteiger partial charge in [0.05, 0.1) is 24.5 Å². The molecule has 1 aromatic carbocycles. The van der Waals surface area contributed by atoms with Crippen LogP contribution in [0, 0.1) is 5.92 Å². The average Bonchev–Trinajstić information content (AvgIpc) is 3.01. The molecule has 2 aromatic rings. The van der Waals surface area contributed by atoms with Crippen LogP contribution in [0.1, 0.15) is 48.7 Å². The number of hydrogen-bond acceptors (Lipinski definition) is 3. The molecule has 0 unspecified atom stereocenters. The first kappa shape index (κ1) is 17.3. The maximum absolute atomic E-state index is 12.0. The molecule has 2 heterocycles. The predicted molar refractivity (Wildman–Crippen MR) is 101 cm³/mol. The Hall–Kier alpha value is -2.14. The van der Waals surface area contributed by atoms with E-state index in [1.807, 2.05) is 0 Å². The van der Waals surface area contributed by atoms with Crippen molar-refractivity contribution in [1.29, 1.82) is 0 Å². The van der Waals surface area contributed by atoms with Gasteiger partial charge in [-0.15, -0.1) is 0 Å². The maximum Gasteiger partial charge on any atom is 0.223 e. The molecule has 2 aliphatic rings.